The van der Waals surface area contributed by atoms with Crippen LogP contribution in [0.1, 0.15) is 5.82 Å². The average molecular weight is 290 g/mol. The van der Waals surface area contributed by atoms with E-state index in [9.17, 15) is 14.9 Å². The molecule has 0 unspecified atom stereocenters. The second-order valence-electron chi connectivity index (χ2n) is 4.28. The molecule has 2 aromatic rings. The summed E-state index contributed by atoms with van der Waals surface area (Å²) in [6.45, 7) is 1.43. The van der Waals surface area contributed by atoms with Crippen molar-refractivity contribution in [1.82, 2.24) is 9.55 Å². The van der Waals surface area contributed by atoms with Crippen molar-refractivity contribution in [1.29, 1.82) is 0 Å². The Labute approximate surface area is 120 Å². The van der Waals surface area contributed by atoms with E-state index < -0.39 is 4.92 Å². The second-order valence-corrected chi connectivity index (χ2v) is 4.28. The molecule has 0 aliphatic rings. The number of benzene rings is 1. The summed E-state index contributed by atoms with van der Waals surface area (Å²) in [7, 11) is 1.55. The number of nitrogens with one attached hydrogen (secondary N) is 1. The van der Waals surface area contributed by atoms with Crippen molar-refractivity contribution in [2.75, 3.05) is 12.4 Å². The van der Waals surface area contributed by atoms with Gasteiger partial charge in [-0.1, -0.05) is 0 Å². The number of aryl methyl sites for hydroxylation is 1. The fourth-order valence-corrected chi connectivity index (χ4v) is 1.82. The first kappa shape index (κ1) is 14.5. The van der Waals surface area contributed by atoms with E-state index in [4.69, 9.17) is 4.74 Å². The van der Waals surface area contributed by atoms with Gasteiger partial charge in [0.1, 0.15) is 11.9 Å². The smallest absolute Gasteiger partial charge is 0.343 e. The molecule has 1 N–H and O–H groups in total. The van der Waals surface area contributed by atoms with Crippen molar-refractivity contribution in [2.45, 2.75) is 13.5 Å². The molecular weight excluding hydrogens is 276 g/mol. The Morgan fingerprint density at radius 2 is 2.10 bits per heavy atom. The van der Waals surface area contributed by atoms with Crippen LogP contribution in [0, 0.1) is 17.0 Å². The van der Waals surface area contributed by atoms with Crippen molar-refractivity contribution in [3.05, 3.63) is 46.4 Å². The molecule has 0 saturated heterocycles. The average Bonchev–Trinajstić information content (AvgIpc) is 2.81. The normalized spacial score (nSPS) is 10.2. The molecule has 0 spiro atoms. The number of carbonyl (C=O) groups excluding carboxylic acids is 1. The van der Waals surface area contributed by atoms with E-state index >= 15 is 0 Å². The number of rotatable bonds is 5. The topological polar surface area (TPSA) is 99.3 Å². The Hall–Kier alpha value is -2.90. The lowest BCUT2D eigenvalue weighted by molar-refractivity contribution is -0.392. The number of ether oxygens (including phenoxy) is 1. The number of imidazole rings is 1. The Kier molecular flexibility index (Phi) is 4.17. The summed E-state index contributed by atoms with van der Waals surface area (Å²) in [6, 6.07) is 6.79. The van der Waals surface area contributed by atoms with Gasteiger partial charge in [-0.25, -0.2) is 9.55 Å². The van der Waals surface area contributed by atoms with Crippen molar-refractivity contribution in [3.8, 4) is 5.75 Å². The third kappa shape index (κ3) is 3.35. The Morgan fingerprint density at radius 1 is 1.43 bits per heavy atom. The minimum absolute atomic E-state index is 0.172. The summed E-state index contributed by atoms with van der Waals surface area (Å²) >= 11 is 0. The molecule has 8 nitrogen and oxygen atoms in total. The van der Waals surface area contributed by atoms with Gasteiger partial charge >= 0.3 is 5.82 Å². The largest absolute Gasteiger partial charge is 0.497 e. The summed E-state index contributed by atoms with van der Waals surface area (Å²) in [4.78, 5) is 26.1. The highest BCUT2D eigenvalue weighted by Gasteiger charge is 2.20. The van der Waals surface area contributed by atoms with Gasteiger partial charge < -0.3 is 20.2 Å². The van der Waals surface area contributed by atoms with E-state index in [1.165, 1.54) is 4.57 Å². The van der Waals surface area contributed by atoms with E-state index in [0.717, 1.165) is 6.20 Å². The van der Waals surface area contributed by atoms with Gasteiger partial charge in [0.25, 0.3) is 5.91 Å². The maximum absolute atomic E-state index is 11.9. The Bertz CT molecular complexity index is 663. The number of nitrogens with zero attached hydrogens (tertiary/aromatic N) is 3. The molecule has 2 rings (SSSR count). The zero-order valence-electron chi connectivity index (χ0n) is 11.6. The maximum Gasteiger partial charge on any atom is 0.343 e. The van der Waals surface area contributed by atoms with Crippen LogP contribution in [-0.2, 0) is 11.3 Å². The minimum atomic E-state index is -0.569. The van der Waals surface area contributed by atoms with Crippen molar-refractivity contribution < 1.29 is 14.5 Å². The summed E-state index contributed by atoms with van der Waals surface area (Å²) in [5.74, 6) is 0.502. The number of hydrogen-bond donors (Lipinski definition) is 1. The number of nitro groups is 1. The van der Waals surface area contributed by atoms with Crippen molar-refractivity contribution in [3.63, 3.8) is 0 Å². The number of anilines is 1. The van der Waals surface area contributed by atoms with Gasteiger partial charge in [0.05, 0.1) is 7.11 Å². The number of carbonyl (C=O) groups is 1. The van der Waals surface area contributed by atoms with Gasteiger partial charge in [0, 0.05) is 12.6 Å². The van der Waals surface area contributed by atoms with E-state index in [0.29, 0.717) is 17.3 Å². The molecule has 1 aromatic heterocycles. The fraction of sp³-hybridized carbons (Fsp3) is 0.231. The summed E-state index contributed by atoms with van der Waals surface area (Å²) in [5, 5.41) is 13.5. The first-order valence-corrected chi connectivity index (χ1v) is 6.11. The highest BCUT2D eigenvalue weighted by Crippen LogP contribution is 2.16. The number of methoxy groups -OCH3 is 1. The number of hydrogen-bond acceptors (Lipinski definition) is 5. The van der Waals surface area contributed by atoms with E-state index in [1.807, 2.05) is 0 Å². The van der Waals surface area contributed by atoms with Gasteiger partial charge in [-0.15, -0.1) is 0 Å². The van der Waals surface area contributed by atoms with Gasteiger partial charge in [-0.3, -0.25) is 4.79 Å². The molecule has 0 bridgehead atoms. The second kappa shape index (κ2) is 6.04. The molecule has 0 saturated carbocycles. The molecule has 0 atom stereocenters. The molecule has 21 heavy (non-hydrogen) atoms. The molecule has 110 valence electrons. The fourth-order valence-electron chi connectivity index (χ4n) is 1.82. The zero-order chi connectivity index (χ0) is 15.4. The quantitative estimate of drug-likeness (QED) is 0.668. The Balaban J connectivity index is 2.08. The highest BCUT2D eigenvalue weighted by molar-refractivity contribution is 5.90. The Morgan fingerprint density at radius 3 is 2.67 bits per heavy atom. The van der Waals surface area contributed by atoms with E-state index in [1.54, 1.807) is 38.3 Å². The predicted molar refractivity (Wildman–Crippen MR) is 75.2 cm³/mol. The molecule has 0 aliphatic carbocycles. The van der Waals surface area contributed by atoms with Crippen molar-refractivity contribution in [2.24, 2.45) is 0 Å². The van der Waals surface area contributed by atoms with Crippen LogP contribution in [0.15, 0.2) is 30.5 Å². The molecule has 1 aromatic carbocycles. The predicted octanol–water partition coefficient (Wildman–Crippen LogP) is 1.75. The van der Waals surface area contributed by atoms with Crippen LogP contribution in [0.3, 0.4) is 0 Å². The van der Waals surface area contributed by atoms with Crippen LogP contribution < -0.4 is 10.1 Å². The van der Waals surface area contributed by atoms with Crippen LogP contribution in [0.4, 0.5) is 11.5 Å². The summed E-state index contributed by atoms with van der Waals surface area (Å²) < 4.78 is 6.27. The van der Waals surface area contributed by atoms with Crippen LogP contribution in [0.2, 0.25) is 0 Å². The number of aromatic nitrogens is 2. The lowest BCUT2D eigenvalue weighted by Crippen LogP contribution is -2.20. The molecular formula is C13H14N4O4. The highest BCUT2D eigenvalue weighted by atomic mass is 16.6. The third-order valence-corrected chi connectivity index (χ3v) is 2.90. The van der Waals surface area contributed by atoms with Gasteiger partial charge in [-0.2, -0.15) is 0 Å². The van der Waals surface area contributed by atoms with Gasteiger partial charge in [0.15, 0.2) is 12.4 Å². The van der Waals surface area contributed by atoms with Crippen LogP contribution in [0.5, 0.6) is 5.75 Å². The van der Waals surface area contributed by atoms with E-state index in [2.05, 4.69) is 10.3 Å². The third-order valence-electron chi connectivity index (χ3n) is 2.90. The zero-order valence-corrected chi connectivity index (χ0v) is 11.6. The first-order chi connectivity index (χ1) is 10.0. The van der Waals surface area contributed by atoms with Crippen molar-refractivity contribution >= 4 is 17.4 Å². The van der Waals surface area contributed by atoms with Gasteiger partial charge in [-0.05, 0) is 29.2 Å². The summed E-state index contributed by atoms with van der Waals surface area (Å²) in [5.41, 5.74) is 0.584. The first-order valence-electron chi connectivity index (χ1n) is 6.11. The van der Waals surface area contributed by atoms with E-state index in [-0.39, 0.29) is 18.3 Å². The summed E-state index contributed by atoms with van der Waals surface area (Å²) in [6.07, 6.45) is 1.13. The molecule has 1 heterocycles. The lowest BCUT2D eigenvalue weighted by atomic mass is 10.3. The molecule has 0 radical (unpaired) electrons. The van der Waals surface area contributed by atoms with Crippen LogP contribution in [0.25, 0.3) is 0 Å². The molecule has 0 fully saturated rings. The molecule has 0 aliphatic heterocycles. The molecule has 8 heteroatoms. The lowest BCUT2D eigenvalue weighted by Gasteiger charge is -2.06. The number of amides is 1. The van der Waals surface area contributed by atoms with Gasteiger partial charge in [0.2, 0.25) is 0 Å². The monoisotopic (exact) mass is 290 g/mol. The minimum Gasteiger partial charge on any atom is -0.497 e. The van der Waals surface area contributed by atoms with Crippen LogP contribution >= 0.6 is 0 Å². The van der Waals surface area contributed by atoms with Crippen LogP contribution in [-0.4, -0.2) is 27.5 Å². The standard InChI is InChI=1S/C13H14N4O4/c1-9-14-7-13(17(19)20)16(9)8-12(18)15-10-3-5-11(21-2)6-4-10/h3-7H,8H2,1-2H3,(H,15,18). The maximum atomic E-state index is 11.9. The SMILES string of the molecule is COc1ccc(NC(=O)Cn2c([N+](=O)[O-])cnc2C)cc1. The molecule has 1 amide bonds.